The van der Waals surface area contributed by atoms with Gasteiger partial charge in [-0.05, 0) is 118 Å². The molecular formula is C46H42N2O9. The van der Waals surface area contributed by atoms with Crippen LogP contribution in [0.5, 0.6) is 46.0 Å². The lowest BCUT2D eigenvalue weighted by Gasteiger charge is -2.23. The second-order valence-corrected chi connectivity index (χ2v) is 14.5. The van der Waals surface area contributed by atoms with Gasteiger partial charge in [0, 0.05) is 29.3 Å². The normalized spacial score (nSPS) is 14.5. The molecule has 57 heavy (non-hydrogen) atoms. The summed E-state index contributed by atoms with van der Waals surface area (Å²) in [5, 5.41) is 11.6. The van der Waals surface area contributed by atoms with Crippen LogP contribution in [0.3, 0.4) is 0 Å². The van der Waals surface area contributed by atoms with Crippen molar-refractivity contribution in [2.24, 2.45) is 0 Å². The standard InChI is InChI=1S/C46H42N2O9/c1-25(2)35-19-18-34(22-41(35)55-32-14-10-30(11-15-32)53-27(5)6)57-40-20-9-29(21-42(40)56-33-16-12-31(13-17-33)54-28(7)8)48-45(51)38-23-36-37(24-39(38)46(48)52)44(50)47(26(3)4)43(36)49/h9-26,45,51H,5,7H2,1-4,6,8H3. The minimum atomic E-state index is -1.45. The number of imide groups is 1. The second kappa shape index (κ2) is 15.4. The van der Waals surface area contributed by atoms with Crippen LogP contribution < -0.4 is 28.6 Å². The fourth-order valence-corrected chi connectivity index (χ4v) is 6.72. The van der Waals surface area contributed by atoms with Gasteiger partial charge in [-0.3, -0.25) is 24.2 Å². The van der Waals surface area contributed by atoms with Crippen LogP contribution in [-0.4, -0.2) is 33.8 Å². The van der Waals surface area contributed by atoms with E-state index in [0.29, 0.717) is 51.8 Å². The van der Waals surface area contributed by atoms with Crippen molar-refractivity contribution in [2.75, 3.05) is 4.90 Å². The number of aliphatic hydroxyl groups excluding tert-OH is 1. The maximum absolute atomic E-state index is 14.0. The first-order valence-electron chi connectivity index (χ1n) is 18.4. The Bertz CT molecular complexity index is 2430. The van der Waals surface area contributed by atoms with Gasteiger partial charge in [0.05, 0.1) is 28.3 Å². The second-order valence-electron chi connectivity index (χ2n) is 14.5. The van der Waals surface area contributed by atoms with E-state index in [-0.39, 0.29) is 45.7 Å². The van der Waals surface area contributed by atoms with Gasteiger partial charge in [0.25, 0.3) is 17.7 Å². The zero-order valence-electron chi connectivity index (χ0n) is 32.5. The van der Waals surface area contributed by atoms with Crippen molar-refractivity contribution in [3.63, 3.8) is 0 Å². The molecule has 1 unspecified atom stereocenters. The molecule has 0 saturated heterocycles. The predicted octanol–water partition coefficient (Wildman–Crippen LogP) is 10.7. The Morgan fingerprint density at radius 3 is 1.63 bits per heavy atom. The molecular weight excluding hydrogens is 725 g/mol. The molecule has 3 amide bonds. The molecule has 1 N–H and O–H groups in total. The van der Waals surface area contributed by atoms with Crippen LogP contribution in [0.4, 0.5) is 5.69 Å². The Hall–Kier alpha value is -6.85. The fraction of sp³-hybridized carbons (Fsp3) is 0.196. The van der Waals surface area contributed by atoms with Gasteiger partial charge in [-0.15, -0.1) is 0 Å². The first kappa shape index (κ1) is 38.4. The van der Waals surface area contributed by atoms with Crippen molar-refractivity contribution >= 4 is 23.4 Å². The molecule has 0 bridgehead atoms. The lowest BCUT2D eigenvalue weighted by atomic mass is 10.0. The molecule has 11 heteroatoms. The van der Waals surface area contributed by atoms with E-state index in [1.807, 2.05) is 24.3 Å². The third-order valence-corrected chi connectivity index (χ3v) is 9.30. The smallest absolute Gasteiger partial charge is 0.261 e. The largest absolute Gasteiger partial charge is 0.463 e. The summed E-state index contributed by atoms with van der Waals surface area (Å²) < 4.78 is 30.4. The van der Waals surface area contributed by atoms with E-state index >= 15 is 0 Å². The molecule has 2 aliphatic rings. The lowest BCUT2D eigenvalue weighted by molar-refractivity contribution is 0.0608. The number of hydrogen-bond donors (Lipinski definition) is 1. The highest BCUT2D eigenvalue weighted by molar-refractivity contribution is 6.23. The molecule has 2 heterocycles. The monoisotopic (exact) mass is 766 g/mol. The number of ether oxygens (including phenoxy) is 5. The third-order valence-electron chi connectivity index (χ3n) is 9.30. The highest BCUT2D eigenvalue weighted by atomic mass is 16.5. The molecule has 2 aliphatic heterocycles. The average Bonchev–Trinajstić information content (AvgIpc) is 3.55. The first-order chi connectivity index (χ1) is 27.2. The molecule has 0 aliphatic carbocycles. The molecule has 5 aromatic carbocycles. The highest BCUT2D eigenvalue weighted by Gasteiger charge is 2.43. The van der Waals surface area contributed by atoms with Gasteiger partial charge in [0.1, 0.15) is 34.5 Å². The fourth-order valence-electron chi connectivity index (χ4n) is 6.72. The van der Waals surface area contributed by atoms with E-state index in [2.05, 4.69) is 27.0 Å². The molecule has 5 aromatic rings. The van der Waals surface area contributed by atoms with Gasteiger partial charge < -0.3 is 28.8 Å². The van der Waals surface area contributed by atoms with Crippen LogP contribution in [0, 0.1) is 0 Å². The Kier molecular flexibility index (Phi) is 10.4. The quantitative estimate of drug-likeness (QED) is 0.0921. The summed E-state index contributed by atoms with van der Waals surface area (Å²) in [6.45, 7) is 18.7. The zero-order valence-corrected chi connectivity index (χ0v) is 32.5. The predicted molar refractivity (Wildman–Crippen MR) is 215 cm³/mol. The maximum Gasteiger partial charge on any atom is 0.261 e. The number of carbonyl (C=O) groups is 3. The van der Waals surface area contributed by atoms with Gasteiger partial charge >= 0.3 is 0 Å². The Balaban J connectivity index is 1.22. The summed E-state index contributed by atoms with van der Waals surface area (Å²) in [5.41, 5.74) is 1.86. The van der Waals surface area contributed by atoms with E-state index in [0.717, 1.165) is 10.5 Å². The van der Waals surface area contributed by atoms with Gasteiger partial charge in [-0.25, -0.2) is 0 Å². The summed E-state index contributed by atoms with van der Waals surface area (Å²) >= 11 is 0. The summed E-state index contributed by atoms with van der Waals surface area (Å²) in [7, 11) is 0. The number of fused-ring (bicyclic) bond motifs is 2. The molecule has 0 saturated carbocycles. The molecule has 0 spiro atoms. The van der Waals surface area contributed by atoms with Crippen molar-refractivity contribution in [2.45, 2.75) is 59.7 Å². The molecule has 11 nitrogen and oxygen atoms in total. The van der Waals surface area contributed by atoms with Crippen molar-refractivity contribution in [1.29, 1.82) is 0 Å². The summed E-state index contributed by atoms with van der Waals surface area (Å²) in [5.74, 6) is 3.55. The van der Waals surface area contributed by atoms with E-state index in [1.165, 1.54) is 17.0 Å². The van der Waals surface area contributed by atoms with E-state index < -0.39 is 23.9 Å². The minimum absolute atomic E-state index is 0.125. The Labute approximate surface area is 330 Å². The van der Waals surface area contributed by atoms with Gasteiger partial charge in [0.15, 0.2) is 17.7 Å². The van der Waals surface area contributed by atoms with Crippen LogP contribution in [0.1, 0.15) is 95.9 Å². The number of hydrogen-bond acceptors (Lipinski definition) is 9. The highest BCUT2D eigenvalue weighted by Crippen LogP contribution is 2.45. The molecule has 290 valence electrons. The molecule has 0 fully saturated rings. The Morgan fingerprint density at radius 2 is 1.09 bits per heavy atom. The van der Waals surface area contributed by atoms with Crippen LogP contribution in [0.25, 0.3) is 0 Å². The van der Waals surface area contributed by atoms with Crippen LogP contribution in [-0.2, 0) is 0 Å². The Morgan fingerprint density at radius 1 is 0.579 bits per heavy atom. The van der Waals surface area contributed by atoms with Crippen LogP contribution in [0.2, 0.25) is 0 Å². The minimum Gasteiger partial charge on any atom is -0.463 e. The summed E-state index contributed by atoms with van der Waals surface area (Å²) in [6.07, 6.45) is -1.45. The van der Waals surface area contributed by atoms with Crippen molar-refractivity contribution in [3.05, 3.63) is 150 Å². The number of anilines is 1. The van der Waals surface area contributed by atoms with Gasteiger partial charge in [-0.1, -0.05) is 33.1 Å². The summed E-state index contributed by atoms with van der Waals surface area (Å²) in [4.78, 5) is 42.6. The zero-order chi connectivity index (χ0) is 40.7. The average molecular weight is 767 g/mol. The van der Waals surface area contributed by atoms with E-state index in [4.69, 9.17) is 23.7 Å². The van der Waals surface area contributed by atoms with Crippen molar-refractivity contribution in [3.8, 4) is 46.0 Å². The van der Waals surface area contributed by atoms with Gasteiger partial charge in [0.2, 0.25) is 0 Å². The number of amides is 3. The molecule has 0 radical (unpaired) electrons. The number of nitrogens with zero attached hydrogens (tertiary/aromatic N) is 2. The molecule has 0 aromatic heterocycles. The molecule has 1 atom stereocenters. The van der Waals surface area contributed by atoms with E-state index in [1.54, 1.807) is 88.4 Å². The van der Waals surface area contributed by atoms with Crippen LogP contribution >= 0.6 is 0 Å². The van der Waals surface area contributed by atoms with E-state index in [9.17, 15) is 19.5 Å². The number of rotatable bonds is 13. The molecule has 7 rings (SSSR count). The number of carbonyl (C=O) groups excluding carboxylic acids is 3. The number of benzene rings is 5. The lowest BCUT2D eigenvalue weighted by Crippen LogP contribution is -2.36. The SMILES string of the molecule is C=C(C)Oc1ccc(Oc2cc(N3C(=O)c4cc5c(cc4C3O)C(=O)N(C(C)C)C5=O)ccc2Oc2ccc(C(C)C)c(Oc3ccc(OC(=C)C)cc3)c2)cc1. The first-order valence-corrected chi connectivity index (χ1v) is 18.4. The van der Waals surface area contributed by atoms with Gasteiger partial charge in [-0.2, -0.15) is 0 Å². The number of aliphatic hydroxyl groups is 1. The topological polar surface area (TPSA) is 124 Å². The third kappa shape index (κ3) is 7.70. The van der Waals surface area contributed by atoms with Crippen LogP contribution in [0.15, 0.2) is 122 Å². The maximum atomic E-state index is 14.0. The summed E-state index contributed by atoms with van der Waals surface area (Å²) in [6, 6.07) is 27.0. The van der Waals surface area contributed by atoms with Crippen molar-refractivity contribution < 1.29 is 43.2 Å². The van der Waals surface area contributed by atoms with Crippen molar-refractivity contribution in [1.82, 2.24) is 4.90 Å². The number of allylic oxidation sites excluding steroid dienone is 2.